The third-order valence-electron chi connectivity index (χ3n) is 5.57. The van der Waals surface area contributed by atoms with Gasteiger partial charge in [0, 0.05) is 41.6 Å². The normalized spacial score (nSPS) is 11.1. The third kappa shape index (κ3) is 5.63. The van der Waals surface area contributed by atoms with Gasteiger partial charge in [0.05, 0.1) is 0 Å². The number of hydrogen-bond acceptors (Lipinski definition) is 4. The lowest BCUT2D eigenvalue weighted by molar-refractivity contribution is -0.112. The summed E-state index contributed by atoms with van der Waals surface area (Å²) in [5.74, 6) is 0.0644. The second kappa shape index (κ2) is 10.8. The molecule has 5 nitrogen and oxygen atoms in total. The van der Waals surface area contributed by atoms with Gasteiger partial charge in [-0.1, -0.05) is 60.1 Å². The van der Waals surface area contributed by atoms with Crippen molar-refractivity contribution in [2.45, 2.75) is 6.61 Å². The van der Waals surface area contributed by atoms with Crippen LogP contribution >= 0.6 is 11.6 Å². The first-order valence-corrected chi connectivity index (χ1v) is 11.4. The highest BCUT2D eigenvalue weighted by Gasteiger charge is 2.14. The van der Waals surface area contributed by atoms with E-state index in [1.807, 2.05) is 97.9 Å². The summed E-state index contributed by atoms with van der Waals surface area (Å²) in [4.78, 5) is 14.9. The number of anilines is 2. The van der Waals surface area contributed by atoms with Crippen LogP contribution in [0.5, 0.6) is 5.75 Å². The molecule has 0 aliphatic heterocycles. The van der Waals surface area contributed by atoms with Gasteiger partial charge in [-0.2, -0.15) is 5.26 Å². The molecule has 0 fully saturated rings. The smallest absolute Gasteiger partial charge is 0.266 e. The lowest BCUT2D eigenvalue weighted by atomic mass is 10.0. The SMILES string of the molecule is CN(C)c1ccc(NC(=O)/C(C#N)=C\c2c(OCc3ccccc3Cl)ccc3ccccc23)cc1. The number of nitriles is 1. The number of carbonyl (C=O) groups is 1. The molecular formula is C29H24ClN3O2. The molecule has 0 bridgehead atoms. The van der Waals surface area contributed by atoms with E-state index in [1.54, 1.807) is 18.2 Å². The molecule has 0 aliphatic rings. The molecule has 1 amide bonds. The Bertz CT molecular complexity index is 1440. The molecule has 4 aromatic rings. The average molecular weight is 482 g/mol. The standard InChI is InChI=1S/C29H24ClN3O2/c1-33(2)24-14-12-23(13-15-24)32-29(34)22(18-31)17-26-25-9-5-3-7-20(25)11-16-28(26)35-19-21-8-4-6-10-27(21)30/h3-17H,19H2,1-2H3,(H,32,34)/b22-17-. The summed E-state index contributed by atoms with van der Waals surface area (Å²) in [5, 5.41) is 15.1. The molecular weight excluding hydrogens is 458 g/mol. The van der Waals surface area contributed by atoms with Crippen molar-refractivity contribution in [1.82, 2.24) is 0 Å². The number of fused-ring (bicyclic) bond motifs is 1. The largest absolute Gasteiger partial charge is 0.488 e. The first-order chi connectivity index (χ1) is 17.0. The highest BCUT2D eigenvalue weighted by molar-refractivity contribution is 6.31. The van der Waals surface area contributed by atoms with Crippen LogP contribution in [0.4, 0.5) is 11.4 Å². The van der Waals surface area contributed by atoms with Crippen LogP contribution in [0.15, 0.2) is 90.5 Å². The van der Waals surface area contributed by atoms with Gasteiger partial charge in [0.25, 0.3) is 5.91 Å². The van der Waals surface area contributed by atoms with E-state index >= 15 is 0 Å². The first-order valence-electron chi connectivity index (χ1n) is 11.0. The fourth-order valence-corrected chi connectivity index (χ4v) is 3.85. The van der Waals surface area contributed by atoms with Crippen LogP contribution in [0.25, 0.3) is 16.8 Å². The van der Waals surface area contributed by atoms with Gasteiger partial charge in [-0.25, -0.2) is 0 Å². The van der Waals surface area contributed by atoms with E-state index in [2.05, 4.69) is 5.32 Å². The van der Waals surface area contributed by atoms with E-state index in [0.717, 1.165) is 22.0 Å². The molecule has 0 saturated heterocycles. The number of rotatable bonds is 7. The van der Waals surface area contributed by atoms with Crippen molar-refractivity contribution in [2.75, 3.05) is 24.3 Å². The molecule has 0 atom stereocenters. The number of nitrogens with one attached hydrogen (secondary N) is 1. The minimum atomic E-state index is -0.491. The number of halogens is 1. The summed E-state index contributed by atoms with van der Waals surface area (Å²) in [5.41, 5.74) is 3.09. The molecule has 174 valence electrons. The minimum absolute atomic E-state index is 0.0272. The van der Waals surface area contributed by atoms with Crippen LogP contribution in [0.2, 0.25) is 5.02 Å². The molecule has 4 rings (SSSR count). The lowest BCUT2D eigenvalue weighted by Crippen LogP contribution is -2.14. The molecule has 0 spiro atoms. The van der Waals surface area contributed by atoms with Gasteiger partial charge in [-0.15, -0.1) is 0 Å². The zero-order chi connectivity index (χ0) is 24.8. The monoisotopic (exact) mass is 481 g/mol. The molecule has 0 unspecified atom stereocenters. The van der Waals surface area contributed by atoms with Gasteiger partial charge < -0.3 is 15.0 Å². The summed E-state index contributed by atoms with van der Waals surface area (Å²) in [6.45, 7) is 0.255. The highest BCUT2D eigenvalue weighted by atomic mass is 35.5. The van der Waals surface area contributed by atoms with E-state index < -0.39 is 5.91 Å². The van der Waals surface area contributed by atoms with E-state index in [9.17, 15) is 10.1 Å². The summed E-state index contributed by atoms with van der Waals surface area (Å²) in [7, 11) is 3.89. The maximum absolute atomic E-state index is 13.0. The van der Waals surface area contributed by atoms with Gasteiger partial charge in [-0.3, -0.25) is 4.79 Å². The Morgan fingerprint density at radius 3 is 2.43 bits per heavy atom. The quantitative estimate of drug-likeness (QED) is 0.236. The molecule has 0 aliphatic carbocycles. The van der Waals surface area contributed by atoms with Crippen molar-refractivity contribution in [1.29, 1.82) is 5.26 Å². The van der Waals surface area contributed by atoms with E-state index in [1.165, 1.54) is 0 Å². The summed E-state index contributed by atoms with van der Waals surface area (Å²) >= 11 is 6.29. The van der Waals surface area contributed by atoms with Crippen LogP contribution in [-0.2, 0) is 11.4 Å². The summed E-state index contributed by atoms with van der Waals surface area (Å²) in [6.07, 6.45) is 1.58. The van der Waals surface area contributed by atoms with Gasteiger partial charge in [0.2, 0.25) is 0 Å². The van der Waals surface area contributed by atoms with Gasteiger partial charge in [0.15, 0.2) is 0 Å². The Kier molecular flexibility index (Phi) is 7.35. The minimum Gasteiger partial charge on any atom is -0.488 e. The van der Waals surface area contributed by atoms with E-state index in [4.69, 9.17) is 16.3 Å². The van der Waals surface area contributed by atoms with E-state index in [-0.39, 0.29) is 12.2 Å². The Hall–Kier alpha value is -4.27. The molecule has 1 N–H and O–H groups in total. The molecule has 6 heteroatoms. The van der Waals surface area contributed by atoms with Crippen molar-refractivity contribution in [3.8, 4) is 11.8 Å². The zero-order valence-corrected chi connectivity index (χ0v) is 20.2. The number of hydrogen-bond donors (Lipinski definition) is 1. The maximum Gasteiger partial charge on any atom is 0.266 e. The molecule has 0 radical (unpaired) electrons. The van der Waals surface area contributed by atoms with Gasteiger partial charge >= 0.3 is 0 Å². The Morgan fingerprint density at radius 1 is 1.00 bits per heavy atom. The zero-order valence-electron chi connectivity index (χ0n) is 19.5. The van der Waals surface area contributed by atoms with Crippen molar-refractivity contribution in [3.63, 3.8) is 0 Å². The number of ether oxygens (including phenoxy) is 1. The predicted octanol–water partition coefficient (Wildman–Crippen LogP) is 6.68. The summed E-state index contributed by atoms with van der Waals surface area (Å²) < 4.78 is 6.12. The molecule has 0 heterocycles. The molecule has 35 heavy (non-hydrogen) atoms. The van der Waals surface area contributed by atoms with Crippen LogP contribution < -0.4 is 15.0 Å². The number of amides is 1. The fourth-order valence-electron chi connectivity index (χ4n) is 3.66. The lowest BCUT2D eigenvalue weighted by Gasteiger charge is -2.14. The topological polar surface area (TPSA) is 65.4 Å². The third-order valence-corrected chi connectivity index (χ3v) is 5.94. The molecule has 0 saturated carbocycles. The average Bonchev–Trinajstić information content (AvgIpc) is 2.87. The predicted molar refractivity (Wildman–Crippen MR) is 143 cm³/mol. The second-order valence-corrected chi connectivity index (χ2v) is 8.55. The van der Waals surface area contributed by atoms with Crippen molar-refractivity contribution >= 4 is 45.7 Å². The van der Waals surface area contributed by atoms with Crippen LogP contribution in [0, 0.1) is 11.3 Å². The fraction of sp³-hybridized carbons (Fsp3) is 0.103. The first kappa shape index (κ1) is 23.9. The number of nitrogens with zero attached hydrogens (tertiary/aromatic N) is 2. The Balaban J connectivity index is 1.67. The maximum atomic E-state index is 13.0. The molecule has 4 aromatic carbocycles. The van der Waals surface area contributed by atoms with E-state index in [0.29, 0.717) is 22.0 Å². The van der Waals surface area contributed by atoms with Crippen molar-refractivity contribution in [2.24, 2.45) is 0 Å². The number of carbonyl (C=O) groups excluding carboxylic acids is 1. The van der Waals surface area contributed by atoms with Crippen LogP contribution in [0.1, 0.15) is 11.1 Å². The van der Waals surface area contributed by atoms with Crippen LogP contribution in [-0.4, -0.2) is 20.0 Å². The second-order valence-electron chi connectivity index (χ2n) is 8.14. The van der Waals surface area contributed by atoms with Gasteiger partial charge in [-0.05, 0) is 53.2 Å². The summed E-state index contributed by atoms with van der Waals surface area (Å²) in [6, 6.07) is 28.5. The highest BCUT2D eigenvalue weighted by Crippen LogP contribution is 2.31. The Labute approximate surface area is 209 Å². The Morgan fingerprint density at radius 2 is 1.71 bits per heavy atom. The molecule has 0 aromatic heterocycles. The van der Waals surface area contributed by atoms with Crippen molar-refractivity contribution < 1.29 is 9.53 Å². The van der Waals surface area contributed by atoms with Crippen LogP contribution in [0.3, 0.4) is 0 Å². The number of benzene rings is 4. The van der Waals surface area contributed by atoms with Crippen molar-refractivity contribution in [3.05, 3.63) is 107 Å². The van der Waals surface area contributed by atoms with Gasteiger partial charge in [0.1, 0.15) is 24.0 Å².